The molecule has 0 amide bonds. The Labute approximate surface area is 106 Å². The van der Waals surface area contributed by atoms with Gasteiger partial charge in [0.1, 0.15) is 5.75 Å². The fourth-order valence-electron chi connectivity index (χ4n) is 2.20. The van der Waals surface area contributed by atoms with Crippen LogP contribution in [-0.2, 0) is 10.0 Å². The first kappa shape index (κ1) is 13.1. The van der Waals surface area contributed by atoms with E-state index in [0.29, 0.717) is 12.8 Å². The average Bonchev–Trinajstić information content (AvgIpc) is 2.34. The van der Waals surface area contributed by atoms with E-state index in [-0.39, 0.29) is 11.4 Å². The lowest BCUT2D eigenvalue weighted by Crippen LogP contribution is -2.30. The number of hydrogen-bond donors (Lipinski definition) is 2. The molecule has 1 saturated carbocycles. The lowest BCUT2D eigenvalue weighted by atomic mass is 10.0. The number of halogens is 1. The van der Waals surface area contributed by atoms with E-state index in [9.17, 15) is 12.8 Å². The molecule has 1 aliphatic carbocycles. The molecule has 18 heavy (non-hydrogen) atoms. The van der Waals surface area contributed by atoms with E-state index >= 15 is 0 Å². The summed E-state index contributed by atoms with van der Waals surface area (Å²) in [6.45, 7) is 0. The molecule has 2 rings (SSSR count). The topological polar surface area (TPSA) is 66.4 Å². The van der Waals surface area contributed by atoms with E-state index in [1.807, 2.05) is 0 Å². The number of aromatic hydroxyl groups is 1. The Morgan fingerprint density at radius 2 is 1.89 bits per heavy atom. The highest BCUT2D eigenvalue weighted by Gasteiger charge is 2.27. The monoisotopic (exact) mass is 273 g/mol. The highest BCUT2D eigenvalue weighted by molar-refractivity contribution is 7.93. The first-order valence-corrected chi connectivity index (χ1v) is 7.54. The number of benzene rings is 1. The molecule has 1 aliphatic rings. The van der Waals surface area contributed by atoms with Crippen LogP contribution >= 0.6 is 0 Å². The summed E-state index contributed by atoms with van der Waals surface area (Å²) in [5.41, 5.74) is -0.113. The quantitative estimate of drug-likeness (QED) is 0.832. The van der Waals surface area contributed by atoms with Gasteiger partial charge in [-0.25, -0.2) is 12.8 Å². The molecule has 0 saturated heterocycles. The van der Waals surface area contributed by atoms with Crippen molar-refractivity contribution in [3.63, 3.8) is 0 Å². The zero-order valence-electron chi connectivity index (χ0n) is 9.89. The van der Waals surface area contributed by atoms with Crippen LogP contribution in [0.4, 0.5) is 10.1 Å². The molecule has 0 heterocycles. The number of phenolic OH excluding ortho intramolecular Hbond substituents is 1. The molecule has 0 aromatic heterocycles. The molecule has 0 aliphatic heterocycles. The van der Waals surface area contributed by atoms with Crippen molar-refractivity contribution < 1.29 is 17.9 Å². The summed E-state index contributed by atoms with van der Waals surface area (Å²) in [4.78, 5) is 0. The molecule has 1 aromatic carbocycles. The second kappa shape index (κ2) is 5.14. The Balaban J connectivity index is 2.16. The molecule has 1 fully saturated rings. The van der Waals surface area contributed by atoms with Crippen molar-refractivity contribution in [2.24, 2.45) is 0 Å². The standard InChI is InChI=1S/C12H16FNO3S/c13-11-8-9(15)6-7-12(11)14-18(16,17)10-4-2-1-3-5-10/h6-8,10,14-15H,1-5H2. The minimum absolute atomic E-state index is 0.113. The predicted octanol–water partition coefficient (Wildman–Crippen LogP) is 2.61. The van der Waals surface area contributed by atoms with E-state index in [1.165, 1.54) is 12.1 Å². The third-order valence-electron chi connectivity index (χ3n) is 3.20. The predicted molar refractivity (Wildman–Crippen MR) is 67.5 cm³/mol. The third kappa shape index (κ3) is 2.93. The molecule has 1 aromatic rings. The van der Waals surface area contributed by atoms with Crippen LogP contribution in [0.5, 0.6) is 5.75 Å². The van der Waals surface area contributed by atoms with Crippen molar-refractivity contribution in [2.45, 2.75) is 37.4 Å². The number of hydrogen-bond acceptors (Lipinski definition) is 3. The summed E-state index contributed by atoms with van der Waals surface area (Å²) >= 11 is 0. The van der Waals surface area contributed by atoms with Crippen molar-refractivity contribution in [2.75, 3.05) is 4.72 Å². The van der Waals surface area contributed by atoms with Gasteiger partial charge in [-0.05, 0) is 25.0 Å². The number of anilines is 1. The average molecular weight is 273 g/mol. The van der Waals surface area contributed by atoms with Gasteiger partial charge in [-0.15, -0.1) is 0 Å². The van der Waals surface area contributed by atoms with Crippen LogP contribution in [0.15, 0.2) is 18.2 Å². The molecule has 0 unspecified atom stereocenters. The molecule has 0 spiro atoms. The Hall–Kier alpha value is -1.30. The number of rotatable bonds is 3. The summed E-state index contributed by atoms with van der Waals surface area (Å²) in [6.07, 6.45) is 4.08. The summed E-state index contributed by atoms with van der Waals surface area (Å²) in [7, 11) is -3.54. The van der Waals surface area contributed by atoms with Gasteiger partial charge in [-0.3, -0.25) is 4.72 Å². The number of sulfonamides is 1. The first-order chi connectivity index (χ1) is 8.49. The molecule has 0 atom stereocenters. The zero-order valence-corrected chi connectivity index (χ0v) is 10.7. The minimum Gasteiger partial charge on any atom is -0.508 e. The molecule has 100 valence electrons. The number of nitrogens with one attached hydrogen (secondary N) is 1. The Morgan fingerprint density at radius 3 is 2.50 bits per heavy atom. The van der Waals surface area contributed by atoms with Gasteiger partial charge < -0.3 is 5.11 Å². The van der Waals surface area contributed by atoms with Crippen LogP contribution in [0.25, 0.3) is 0 Å². The van der Waals surface area contributed by atoms with E-state index in [4.69, 9.17) is 5.11 Å². The zero-order chi connectivity index (χ0) is 13.2. The highest BCUT2D eigenvalue weighted by Crippen LogP contribution is 2.27. The molecule has 2 N–H and O–H groups in total. The van der Waals surface area contributed by atoms with E-state index in [2.05, 4.69) is 4.72 Å². The van der Waals surface area contributed by atoms with Gasteiger partial charge in [0.15, 0.2) is 5.82 Å². The van der Waals surface area contributed by atoms with Crippen LogP contribution in [0.1, 0.15) is 32.1 Å². The molecular weight excluding hydrogens is 257 g/mol. The van der Waals surface area contributed by atoms with Crippen molar-refractivity contribution in [3.8, 4) is 5.75 Å². The summed E-state index contributed by atoms with van der Waals surface area (Å²) in [5.74, 6) is -0.998. The molecule has 6 heteroatoms. The van der Waals surface area contributed by atoms with Crippen molar-refractivity contribution >= 4 is 15.7 Å². The van der Waals surface area contributed by atoms with Crippen LogP contribution < -0.4 is 4.72 Å². The molecular formula is C12H16FNO3S. The van der Waals surface area contributed by atoms with Gasteiger partial charge in [0.2, 0.25) is 10.0 Å². The van der Waals surface area contributed by atoms with Crippen molar-refractivity contribution in [3.05, 3.63) is 24.0 Å². The van der Waals surface area contributed by atoms with Crippen LogP contribution in [-0.4, -0.2) is 18.8 Å². The maximum atomic E-state index is 13.5. The first-order valence-electron chi connectivity index (χ1n) is 5.99. The lowest BCUT2D eigenvalue weighted by molar-refractivity contribution is 0.469. The SMILES string of the molecule is O=S(=O)(Nc1ccc(O)cc1F)C1CCCCC1. The summed E-state index contributed by atoms with van der Waals surface area (Å²) < 4.78 is 39.8. The van der Waals surface area contributed by atoms with Crippen molar-refractivity contribution in [1.82, 2.24) is 0 Å². The van der Waals surface area contributed by atoms with Crippen LogP contribution in [0, 0.1) is 5.82 Å². The van der Waals surface area contributed by atoms with Gasteiger partial charge in [0.05, 0.1) is 10.9 Å². The fraction of sp³-hybridized carbons (Fsp3) is 0.500. The number of phenols is 1. The van der Waals surface area contributed by atoms with Gasteiger partial charge in [-0.1, -0.05) is 19.3 Å². The van der Waals surface area contributed by atoms with Crippen LogP contribution in [0.2, 0.25) is 0 Å². The smallest absolute Gasteiger partial charge is 0.235 e. The summed E-state index contributed by atoms with van der Waals surface area (Å²) in [5, 5.41) is 8.62. The fourth-order valence-corrected chi connectivity index (χ4v) is 3.79. The van der Waals surface area contributed by atoms with Gasteiger partial charge >= 0.3 is 0 Å². The van der Waals surface area contributed by atoms with E-state index in [1.54, 1.807) is 0 Å². The highest BCUT2D eigenvalue weighted by atomic mass is 32.2. The van der Waals surface area contributed by atoms with Gasteiger partial charge in [0.25, 0.3) is 0 Å². The summed E-state index contributed by atoms with van der Waals surface area (Å²) in [6, 6.07) is 3.37. The molecule has 4 nitrogen and oxygen atoms in total. The normalized spacial score (nSPS) is 17.6. The van der Waals surface area contributed by atoms with Gasteiger partial charge in [0, 0.05) is 6.07 Å². The lowest BCUT2D eigenvalue weighted by Gasteiger charge is -2.22. The van der Waals surface area contributed by atoms with E-state index < -0.39 is 21.1 Å². The molecule has 0 radical (unpaired) electrons. The van der Waals surface area contributed by atoms with Crippen molar-refractivity contribution in [1.29, 1.82) is 0 Å². The molecule has 0 bridgehead atoms. The minimum atomic E-state index is -3.54. The Morgan fingerprint density at radius 1 is 1.22 bits per heavy atom. The Bertz CT molecular complexity index is 524. The maximum Gasteiger partial charge on any atom is 0.235 e. The second-order valence-electron chi connectivity index (χ2n) is 4.57. The largest absolute Gasteiger partial charge is 0.508 e. The maximum absolute atomic E-state index is 13.5. The second-order valence-corrected chi connectivity index (χ2v) is 6.53. The van der Waals surface area contributed by atoms with Crippen LogP contribution in [0.3, 0.4) is 0 Å². The van der Waals surface area contributed by atoms with E-state index in [0.717, 1.165) is 25.3 Å². The third-order valence-corrected chi connectivity index (χ3v) is 5.05. The Kier molecular flexibility index (Phi) is 3.75. The van der Waals surface area contributed by atoms with Gasteiger partial charge in [-0.2, -0.15) is 0 Å².